The Balaban J connectivity index is 1.83. The first kappa shape index (κ1) is 18.3. The van der Waals surface area contributed by atoms with Crippen molar-refractivity contribution in [2.75, 3.05) is 18.4 Å². The van der Waals surface area contributed by atoms with Crippen LogP contribution >= 0.6 is 11.5 Å². The Bertz CT molecular complexity index is 669. The molecule has 0 bridgehead atoms. The minimum absolute atomic E-state index is 0.0217. The van der Waals surface area contributed by atoms with E-state index in [1.165, 1.54) is 30.6 Å². The van der Waals surface area contributed by atoms with E-state index in [0.717, 1.165) is 29.4 Å². The van der Waals surface area contributed by atoms with Gasteiger partial charge in [-0.05, 0) is 24.1 Å². The Morgan fingerprint density at radius 3 is 2.67 bits per heavy atom. The van der Waals surface area contributed by atoms with Crippen molar-refractivity contribution in [1.82, 2.24) is 14.7 Å². The maximum atomic E-state index is 13.0. The van der Waals surface area contributed by atoms with E-state index in [4.69, 9.17) is 0 Å². The number of amides is 1. The van der Waals surface area contributed by atoms with Crippen molar-refractivity contribution in [3.05, 3.63) is 41.5 Å². The molecule has 2 N–H and O–H groups in total. The number of halogens is 1. The second kappa shape index (κ2) is 8.19. The van der Waals surface area contributed by atoms with E-state index in [-0.39, 0.29) is 17.1 Å². The van der Waals surface area contributed by atoms with Crippen LogP contribution in [-0.2, 0) is 16.6 Å². The van der Waals surface area contributed by atoms with Crippen LogP contribution in [0.15, 0.2) is 24.3 Å². The molecule has 7 heteroatoms. The zero-order valence-corrected chi connectivity index (χ0v) is 15.0. The second-order valence-corrected chi connectivity index (χ2v) is 7.10. The number of aromatic nitrogens is 2. The number of nitrogens with one attached hydrogen (secondary N) is 2. The topological polar surface area (TPSA) is 66.9 Å². The molecule has 0 fully saturated rings. The van der Waals surface area contributed by atoms with Crippen molar-refractivity contribution in [2.24, 2.45) is 0 Å². The molecule has 1 aromatic carbocycles. The quantitative estimate of drug-likeness (QED) is 0.718. The summed E-state index contributed by atoms with van der Waals surface area (Å²) < 4.78 is 17.4. The fraction of sp³-hybridized carbons (Fsp3) is 0.471. The molecule has 0 saturated heterocycles. The van der Waals surface area contributed by atoms with Crippen molar-refractivity contribution < 1.29 is 9.18 Å². The minimum Gasteiger partial charge on any atom is -0.359 e. The van der Waals surface area contributed by atoms with Gasteiger partial charge in [0.1, 0.15) is 11.6 Å². The highest BCUT2D eigenvalue weighted by Gasteiger charge is 2.21. The van der Waals surface area contributed by atoms with Gasteiger partial charge in [0.25, 0.3) is 0 Å². The molecule has 0 atom stereocenters. The minimum atomic E-state index is -0.226. The molecular formula is C17H23FN4OS. The number of aryl methyl sites for hydroxylation is 1. The lowest BCUT2D eigenvalue weighted by Crippen LogP contribution is -2.27. The monoisotopic (exact) mass is 350 g/mol. The van der Waals surface area contributed by atoms with Gasteiger partial charge in [-0.2, -0.15) is 4.37 Å². The Morgan fingerprint density at radius 2 is 2.00 bits per heavy atom. The molecule has 0 aliphatic rings. The van der Waals surface area contributed by atoms with Crippen LogP contribution in [0.4, 0.5) is 9.52 Å². The van der Waals surface area contributed by atoms with Gasteiger partial charge in [0.05, 0.1) is 0 Å². The molecule has 1 heterocycles. The molecule has 0 spiro atoms. The predicted octanol–water partition coefficient (Wildman–Crippen LogP) is 3.14. The van der Waals surface area contributed by atoms with Crippen LogP contribution in [0.2, 0.25) is 0 Å². The van der Waals surface area contributed by atoms with Crippen LogP contribution < -0.4 is 10.6 Å². The number of carbonyl (C=O) groups excluding carboxylic acids is 1. The molecular weight excluding hydrogens is 327 g/mol. The lowest BCUT2D eigenvalue weighted by Gasteiger charge is -2.25. The van der Waals surface area contributed by atoms with Gasteiger partial charge in [-0.1, -0.05) is 26.0 Å². The summed E-state index contributed by atoms with van der Waals surface area (Å²) in [5.74, 6) is 0.537. The fourth-order valence-electron chi connectivity index (χ4n) is 2.24. The number of hydrogen-bond acceptors (Lipinski definition) is 5. The largest absolute Gasteiger partial charge is 0.359 e. The van der Waals surface area contributed by atoms with Gasteiger partial charge >= 0.3 is 0 Å². The van der Waals surface area contributed by atoms with Crippen LogP contribution in [0.5, 0.6) is 0 Å². The summed E-state index contributed by atoms with van der Waals surface area (Å²) in [6.45, 7) is 7.02. The second-order valence-electron chi connectivity index (χ2n) is 6.35. The van der Waals surface area contributed by atoms with Crippen molar-refractivity contribution in [3.63, 3.8) is 0 Å². The molecule has 130 valence electrons. The molecule has 1 amide bonds. The summed E-state index contributed by atoms with van der Waals surface area (Å²) >= 11 is 1.33. The van der Waals surface area contributed by atoms with Crippen LogP contribution in [0.3, 0.4) is 0 Å². The molecule has 0 aliphatic carbocycles. The highest BCUT2D eigenvalue weighted by atomic mass is 32.1. The molecule has 24 heavy (non-hydrogen) atoms. The Hall–Kier alpha value is -2.02. The summed E-state index contributed by atoms with van der Waals surface area (Å²) in [6, 6.07) is 6.58. The standard InChI is InChI=1S/C17H23FN4OS/c1-12(23)19-10-4-5-15-21-16(24-22-15)20-11-17(2,3)13-6-8-14(18)9-7-13/h6-9H,4-5,10-11H2,1-3H3,(H,19,23)(H,20,21,22). The lowest BCUT2D eigenvalue weighted by molar-refractivity contribution is -0.118. The van der Waals surface area contributed by atoms with Crippen molar-refractivity contribution in [2.45, 2.75) is 39.0 Å². The van der Waals surface area contributed by atoms with Crippen LogP contribution in [0, 0.1) is 5.82 Å². The molecule has 0 radical (unpaired) electrons. The maximum Gasteiger partial charge on any atom is 0.216 e. The average Bonchev–Trinajstić information content (AvgIpc) is 2.98. The third kappa shape index (κ3) is 5.56. The van der Waals surface area contributed by atoms with E-state index in [2.05, 4.69) is 33.8 Å². The van der Waals surface area contributed by atoms with Gasteiger partial charge in [-0.15, -0.1) is 0 Å². The predicted molar refractivity (Wildman–Crippen MR) is 94.8 cm³/mol. The van der Waals surface area contributed by atoms with E-state index in [9.17, 15) is 9.18 Å². The Kier molecular flexibility index (Phi) is 6.25. The van der Waals surface area contributed by atoms with Crippen molar-refractivity contribution in [1.29, 1.82) is 0 Å². The molecule has 0 unspecified atom stereocenters. The Labute approximate surface area is 145 Å². The summed E-state index contributed by atoms with van der Waals surface area (Å²) in [5, 5.41) is 6.84. The molecule has 0 saturated carbocycles. The number of rotatable bonds is 8. The SMILES string of the molecule is CC(=O)NCCCc1nsc(NCC(C)(C)c2ccc(F)cc2)n1. The highest BCUT2D eigenvalue weighted by Crippen LogP contribution is 2.24. The average molecular weight is 350 g/mol. The van der Waals surface area contributed by atoms with E-state index in [1.807, 2.05) is 12.1 Å². The molecule has 0 aliphatic heterocycles. The van der Waals surface area contributed by atoms with Crippen LogP contribution in [-0.4, -0.2) is 28.4 Å². The van der Waals surface area contributed by atoms with Gasteiger partial charge in [0.15, 0.2) is 0 Å². The summed E-state index contributed by atoms with van der Waals surface area (Å²) in [4.78, 5) is 15.3. The van der Waals surface area contributed by atoms with Gasteiger partial charge in [0, 0.05) is 43.4 Å². The summed E-state index contributed by atoms with van der Waals surface area (Å²) in [5.41, 5.74) is 0.918. The first-order valence-electron chi connectivity index (χ1n) is 7.94. The van der Waals surface area contributed by atoms with E-state index in [0.29, 0.717) is 13.1 Å². The smallest absolute Gasteiger partial charge is 0.216 e. The molecule has 5 nitrogen and oxygen atoms in total. The van der Waals surface area contributed by atoms with E-state index < -0.39 is 0 Å². The summed E-state index contributed by atoms with van der Waals surface area (Å²) in [6.07, 6.45) is 1.55. The van der Waals surface area contributed by atoms with Crippen LogP contribution in [0.25, 0.3) is 0 Å². The van der Waals surface area contributed by atoms with Crippen molar-refractivity contribution in [3.8, 4) is 0 Å². The zero-order valence-electron chi connectivity index (χ0n) is 14.2. The van der Waals surface area contributed by atoms with Gasteiger partial charge < -0.3 is 10.6 Å². The van der Waals surface area contributed by atoms with E-state index in [1.54, 1.807) is 0 Å². The first-order chi connectivity index (χ1) is 11.4. The number of anilines is 1. The summed E-state index contributed by atoms with van der Waals surface area (Å²) in [7, 11) is 0. The molecule has 1 aromatic heterocycles. The Morgan fingerprint density at radius 1 is 1.29 bits per heavy atom. The number of nitrogens with zero attached hydrogens (tertiary/aromatic N) is 2. The third-order valence-electron chi connectivity index (χ3n) is 3.73. The van der Waals surface area contributed by atoms with Gasteiger partial charge in [-0.25, -0.2) is 9.37 Å². The van der Waals surface area contributed by atoms with E-state index >= 15 is 0 Å². The lowest BCUT2D eigenvalue weighted by atomic mass is 9.85. The number of hydrogen-bond donors (Lipinski definition) is 2. The normalized spacial score (nSPS) is 11.3. The van der Waals surface area contributed by atoms with Crippen LogP contribution in [0.1, 0.15) is 38.6 Å². The zero-order chi connectivity index (χ0) is 17.6. The van der Waals surface area contributed by atoms with Gasteiger partial charge in [0.2, 0.25) is 11.0 Å². The highest BCUT2D eigenvalue weighted by molar-refractivity contribution is 7.09. The van der Waals surface area contributed by atoms with Crippen molar-refractivity contribution >= 4 is 22.6 Å². The number of benzene rings is 1. The van der Waals surface area contributed by atoms with Gasteiger partial charge in [-0.3, -0.25) is 4.79 Å². The molecule has 2 aromatic rings. The number of carbonyl (C=O) groups is 1. The molecule has 2 rings (SSSR count). The fourth-order valence-corrected chi connectivity index (χ4v) is 2.84. The third-order valence-corrected chi connectivity index (χ3v) is 4.44. The first-order valence-corrected chi connectivity index (χ1v) is 8.71. The maximum absolute atomic E-state index is 13.0.